The first kappa shape index (κ1) is 12.2. The molecule has 2 heterocycles. The lowest BCUT2D eigenvalue weighted by atomic mass is 10.3. The van der Waals surface area contributed by atoms with E-state index in [-0.39, 0.29) is 5.95 Å². The van der Waals surface area contributed by atoms with E-state index >= 15 is 0 Å². The van der Waals surface area contributed by atoms with Crippen LogP contribution >= 0.6 is 0 Å². The first-order chi connectivity index (χ1) is 9.76. The fourth-order valence-electron chi connectivity index (χ4n) is 1.80. The van der Waals surface area contributed by atoms with Crippen LogP contribution in [-0.2, 0) is 0 Å². The molecule has 7 nitrogen and oxygen atoms in total. The second-order valence-corrected chi connectivity index (χ2v) is 4.00. The van der Waals surface area contributed by atoms with Gasteiger partial charge in [0.1, 0.15) is 17.0 Å². The van der Waals surface area contributed by atoms with Gasteiger partial charge in [-0.05, 0) is 19.1 Å². The van der Waals surface area contributed by atoms with Crippen molar-refractivity contribution >= 4 is 17.1 Å². The summed E-state index contributed by atoms with van der Waals surface area (Å²) in [4.78, 5) is 15.0. The number of aromatic amines is 1. The van der Waals surface area contributed by atoms with E-state index in [0.29, 0.717) is 29.4 Å². The predicted molar refractivity (Wildman–Crippen MR) is 73.8 cm³/mol. The number of benzene rings is 1. The van der Waals surface area contributed by atoms with Gasteiger partial charge in [0.15, 0.2) is 5.65 Å². The van der Waals surface area contributed by atoms with Crippen LogP contribution in [0.15, 0.2) is 30.6 Å². The van der Waals surface area contributed by atoms with Crippen molar-refractivity contribution in [3.8, 4) is 17.4 Å². The molecule has 0 radical (unpaired) electrons. The Balaban J connectivity index is 1.96. The average molecular weight is 271 g/mol. The molecule has 0 aliphatic carbocycles. The normalized spacial score (nSPS) is 10.7. The van der Waals surface area contributed by atoms with E-state index in [4.69, 9.17) is 15.2 Å². The highest BCUT2D eigenvalue weighted by Gasteiger charge is 2.11. The molecule has 0 bridgehead atoms. The highest BCUT2D eigenvalue weighted by Crippen LogP contribution is 2.28. The Morgan fingerprint density at radius 3 is 2.95 bits per heavy atom. The number of nitrogens with one attached hydrogen (secondary N) is 1. The molecule has 3 aromatic rings. The van der Waals surface area contributed by atoms with Crippen LogP contribution in [0.4, 0.5) is 5.95 Å². The maximum absolute atomic E-state index is 5.74. The fourth-order valence-corrected chi connectivity index (χ4v) is 1.80. The lowest BCUT2D eigenvalue weighted by molar-refractivity contribution is 0.338. The number of aromatic nitrogens is 4. The topological polar surface area (TPSA) is 98.9 Å². The first-order valence-corrected chi connectivity index (χ1v) is 6.13. The molecule has 0 saturated carbocycles. The third-order valence-electron chi connectivity index (χ3n) is 2.60. The Hall–Kier alpha value is -2.83. The van der Waals surface area contributed by atoms with Crippen LogP contribution in [0.25, 0.3) is 11.2 Å². The first-order valence-electron chi connectivity index (χ1n) is 6.13. The zero-order valence-corrected chi connectivity index (χ0v) is 10.8. The van der Waals surface area contributed by atoms with Crippen LogP contribution in [0.2, 0.25) is 0 Å². The number of anilines is 1. The molecule has 3 rings (SSSR count). The maximum atomic E-state index is 5.74. The van der Waals surface area contributed by atoms with Crippen molar-refractivity contribution in [3.63, 3.8) is 0 Å². The van der Waals surface area contributed by atoms with Gasteiger partial charge in [-0.25, -0.2) is 4.98 Å². The van der Waals surface area contributed by atoms with Gasteiger partial charge in [-0.15, -0.1) is 0 Å². The van der Waals surface area contributed by atoms with Crippen LogP contribution < -0.4 is 15.2 Å². The molecule has 3 N–H and O–H groups in total. The minimum Gasteiger partial charge on any atom is -0.494 e. The third kappa shape index (κ3) is 2.33. The Bertz CT molecular complexity index is 740. The van der Waals surface area contributed by atoms with Crippen molar-refractivity contribution in [2.75, 3.05) is 12.3 Å². The SMILES string of the molecule is CCOc1cccc(Oc2nc(N)nc3nc[nH]c23)c1. The summed E-state index contributed by atoms with van der Waals surface area (Å²) in [6, 6.07) is 7.29. The molecule has 102 valence electrons. The number of nitrogens with zero attached hydrogens (tertiary/aromatic N) is 3. The van der Waals surface area contributed by atoms with Crippen LogP contribution in [0.5, 0.6) is 17.4 Å². The number of hydrogen-bond acceptors (Lipinski definition) is 6. The molecule has 0 saturated heterocycles. The predicted octanol–water partition coefficient (Wildman–Crippen LogP) is 2.13. The summed E-state index contributed by atoms with van der Waals surface area (Å²) in [6.45, 7) is 2.52. The molecule has 0 aliphatic heterocycles. The van der Waals surface area contributed by atoms with Crippen LogP contribution in [-0.4, -0.2) is 26.5 Å². The molecule has 0 atom stereocenters. The van der Waals surface area contributed by atoms with Crippen molar-refractivity contribution in [1.29, 1.82) is 0 Å². The molecule has 7 heteroatoms. The Kier molecular flexibility index (Phi) is 3.08. The lowest BCUT2D eigenvalue weighted by Crippen LogP contribution is -1.98. The van der Waals surface area contributed by atoms with Gasteiger partial charge in [0.05, 0.1) is 12.9 Å². The molecular weight excluding hydrogens is 258 g/mol. The largest absolute Gasteiger partial charge is 0.494 e. The summed E-state index contributed by atoms with van der Waals surface area (Å²) in [6.07, 6.45) is 1.52. The monoisotopic (exact) mass is 271 g/mol. The van der Waals surface area contributed by atoms with Gasteiger partial charge in [-0.3, -0.25) is 0 Å². The summed E-state index contributed by atoms with van der Waals surface area (Å²) in [7, 11) is 0. The van der Waals surface area contributed by atoms with Crippen molar-refractivity contribution in [3.05, 3.63) is 30.6 Å². The summed E-state index contributed by atoms with van der Waals surface area (Å²) in [5, 5.41) is 0. The van der Waals surface area contributed by atoms with Gasteiger partial charge >= 0.3 is 0 Å². The van der Waals surface area contributed by atoms with Gasteiger partial charge in [0.2, 0.25) is 5.95 Å². The summed E-state index contributed by atoms with van der Waals surface area (Å²) in [5.74, 6) is 1.78. The van der Waals surface area contributed by atoms with E-state index < -0.39 is 0 Å². The van der Waals surface area contributed by atoms with Gasteiger partial charge in [-0.2, -0.15) is 9.97 Å². The van der Waals surface area contributed by atoms with Crippen LogP contribution in [0, 0.1) is 0 Å². The number of nitrogen functional groups attached to an aromatic ring is 1. The standard InChI is InChI=1S/C13H13N5O2/c1-2-19-8-4-3-5-9(6-8)20-12-10-11(16-7-15-10)17-13(14)18-12/h3-7H,2H2,1H3,(H3,14,15,16,17,18). The second kappa shape index (κ2) is 5.04. The van der Waals surface area contributed by atoms with E-state index in [1.165, 1.54) is 6.33 Å². The van der Waals surface area contributed by atoms with Gasteiger partial charge in [0, 0.05) is 6.07 Å². The lowest BCUT2D eigenvalue weighted by Gasteiger charge is -2.08. The van der Waals surface area contributed by atoms with Crippen LogP contribution in [0.1, 0.15) is 6.92 Å². The van der Waals surface area contributed by atoms with E-state index in [0.717, 1.165) is 5.75 Å². The fraction of sp³-hybridized carbons (Fsp3) is 0.154. The van der Waals surface area contributed by atoms with Gasteiger partial charge in [0.25, 0.3) is 5.88 Å². The minimum absolute atomic E-state index is 0.112. The zero-order valence-electron chi connectivity index (χ0n) is 10.8. The summed E-state index contributed by atoms with van der Waals surface area (Å²) >= 11 is 0. The number of rotatable bonds is 4. The van der Waals surface area contributed by atoms with Gasteiger partial charge < -0.3 is 20.2 Å². The number of imidazole rings is 1. The zero-order chi connectivity index (χ0) is 13.9. The average Bonchev–Trinajstić information content (AvgIpc) is 2.87. The van der Waals surface area contributed by atoms with Crippen molar-refractivity contribution in [2.24, 2.45) is 0 Å². The molecule has 0 fully saturated rings. The van der Waals surface area contributed by atoms with Crippen molar-refractivity contribution in [2.45, 2.75) is 6.92 Å². The molecule has 0 unspecified atom stereocenters. The molecule has 0 aliphatic rings. The van der Waals surface area contributed by atoms with E-state index in [1.54, 1.807) is 6.07 Å². The third-order valence-corrected chi connectivity index (χ3v) is 2.60. The van der Waals surface area contributed by atoms with Crippen molar-refractivity contribution < 1.29 is 9.47 Å². The summed E-state index contributed by atoms with van der Waals surface area (Å²) in [5.41, 5.74) is 6.70. The van der Waals surface area contributed by atoms with Gasteiger partial charge in [-0.1, -0.05) is 6.07 Å². The molecule has 2 aromatic heterocycles. The van der Waals surface area contributed by atoms with E-state index in [2.05, 4.69) is 19.9 Å². The highest BCUT2D eigenvalue weighted by molar-refractivity contribution is 5.77. The Morgan fingerprint density at radius 1 is 1.25 bits per heavy atom. The number of H-pyrrole nitrogens is 1. The van der Waals surface area contributed by atoms with Crippen LogP contribution in [0.3, 0.4) is 0 Å². The smallest absolute Gasteiger partial charge is 0.250 e. The highest BCUT2D eigenvalue weighted by atomic mass is 16.5. The number of fused-ring (bicyclic) bond motifs is 1. The van der Waals surface area contributed by atoms with E-state index in [1.807, 2.05) is 25.1 Å². The molecule has 1 aromatic carbocycles. The van der Waals surface area contributed by atoms with Crippen molar-refractivity contribution in [1.82, 2.24) is 19.9 Å². The second-order valence-electron chi connectivity index (χ2n) is 4.00. The number of hydrogen-bond donors (Lipinski definition) is 2. The Labute approximate surface area is 114 Å². The van der Waals surface area contributed by atoms with E-state index in [9.17, 15) is 0 Å². The molecule has 20 heavy (non-hydrogen) atoms. The Morgan fingerprint density at radius 2 is 2.10 bits per heavy atom. The maximum Gasteiger partial charge on any atom is 0.250 e. The quantitative estimate of drug-likeness (QED) is 0.754. The molecular formula is C13H13N5O2. The summed E-state index contributed by atoms with van der Waals surface area (Å²) < 4.78 is 11.2. The number of nitrogens with two attached hydrogens (primary N) is 1. The molecule has 0 amide bonds. The number of ether oxygens (including phenoxy) is 2. The molecule has 0 spiro atoms. The minimum atomic E-state index is 0.112.